The van der Waals surface area contributed by atoms with Gasteiger partial charge in [-0.3, -0.25) is 4.79 Å². The molecule has 2 amide bonds. The third-order valence-corrected chi connectivity index (χ3v) is 3.88. The Hall–Kier alpha value is -1.30. The van der Waals surface area contributed by atoms with Gasteiger partial charge in [-0.15, -0.1) is 0 Å². The Labute approximate surface area is 127 Å². The Morgan fingerprint density at radius 3 is 2.71 bits per heavy atom. The molecule has 6 nitrogen and oxygen atoms in total. The molecule has 1 aliphatic heterocycles. The van der Waals surface area contributed by atoms with Crippen LogP contribution in [0.1, 0.15) is 46.5 Å². The van der Waals surface area contributed by atoms with Gasteiger partial charge < -0.3 is 19.6 Å². The van der Waals surface area contributed by atoms with E-state index in [1.807, 2.05) is 13.8 Å². The van der Waals surface area contributed by atoms with Gasteiger partial charge in [-0.05, 0) is 32.6 Å². The van der Waals surface area contributed by atoms with Gasteiger partial charge in [0.25, 0.3) is 0 Å². The maximum absolute atomic E-state index is 12.6. The van der Waals surface area contributed by atoms with E-state index in [0.29, 0.717) is 19.7 Å². The molecule has 0 bridgehead atoms. The highest BCUT2D eigenvalue weighted by atomic mass is 16.5. The fourth-order valence-electron chi connectivity index (χ4n) is 2.49. The molecule has 6 heteroatoms. The van der Waals surface area contributed by atoms with E-state index in [1.165, 1.54) is 4.90 Å². The fourth-order valence-corrected chi connectivity index (χ4v) is 2.49. The minimum absolute atomic E-state index is 0.0752. The van der Waals surface area contributed by atoms with Crippen LogP contribution in [0.5, 0.6) is 0 Å². The molecule has 0 aromatic carbocycles. The van der Waals surface area contributed by atoms with E-state index >= 15 is 0 Å². The lowest BCUT2D eigenvalue weighted by molar-refractivity contribution is -0.138. The molecule has 1 fully saturated rings. The van der Waals surface area contributed by atoms with Crippen molar-refractivity contribution in [3.8, 4) is 0 Å². The van der Waals surface area contributed by atoms with Crippen LogP contribution >= 0.6 is 0 Å². The third-order valence-electron chi connectivity index (χ3n) is 3.88. The highest BCUT2D eigenvalue weighted by Gasteiger charge is 2.30. The van der Waals surface area contributed by atoms with Crippen molar-refractivity contribution >= 4 is 12.0 Å². The van der Waals surface area contributed by atoms with Crippen LogP contribution in [0.25, 0.3) is 0 Å². The number of aliphatic carboxylic acids is 1. The first-order chi connectivity index (χ1) is 9.99. The van der Waals surface area contributed by atoms with Gasteiger partial charge in [-0.25, -0.2) is 4.79 Å². The van der Waals surface area contributed by atoms with Crippen molar-refractivity contribution in [3.63, 3.8) is 0 Å². The van der Waals surface area contributed by atoms with Crippen LogP contribution in [-0.4, -0.2) is 65.3 Å². The second-order valence-electron chi connectivity index (χ2n) is 5.64. The molecule has 2 unspecified atom stereocenters. The first-order valence-electron chi connectivity index (χ1n) is 7.88. The number of rotatable bonds is 7. The number of likely N-dealkylation sites (tertiary alicyclic amines) is 1. The minimum atomic E-state index is -0.973. The summed E-state index contributed by atoms with van der Waals surface area (Å²) in [7, 11) is 0. The van der Waals surface area contributed by atoms with Gasteiger partial charge >= 0.3 is 12.0 Å². The molecule has 122 valence electrons. The zero-order valence-electron chi connectivity index (χ0n) is 13.4. The van der Waals surface area contributed by atoms with E-state index in [4.69, 9.17) is 9.84 Å². The quantitative estimate of drug-likeness (QED) is 0.782. The summed E-state index contributed by atoms with van der Waals surface area (Å²) in [5.74, 6) is -0.973. The van der Waals surface area contributed by atoms with Crippen LogP contribution in [0.4, 0.5) is 4.79 Å². The Balaban J connectivity index is 2.66. The summed E-state index contributed by atoms with van der Waals surface area (Å²) in [5, 5.41) is 9.01. The summed E-state index contributed by atoms with van der Waals surface area (Å²) < 4.78 is 5.73. The van der Waals surface area contributed by atoms with Gasteiger partial charge in [0.15, 0.2) is 0 Å². The lowest BCUT2D eigenvalue weighted by atomic mass is 10.1. The minimum Gasteiger partial charge on any atom is -0.480 e. The number of nitrogens with zero attached hydrogens (tertiary/aromatic N) is 2. The van der Waals surface area contributed by atoms with Crippen molar-refractivity contribution in [1.82, 2.24) is 9.80 Å². The lowest BCUT2D eigenvalue weighted by Gasteiger charge is -2.37. The van der Waals surface area contributed by atoms with E-state index in [-0.39, 0.29) is 24.7 Å². The highest BCUT2D eigenvalue weighted by molar-refractivity contribution is 5.80. The summed E-state index contributed by atoms with van der Waals surface area (Å²) >= 11 is 0. The van der Waals surface area contributed by atoms with Crippen molar-refractivity contribution in [2.24, 2.45) is 0 Å². The molecule has 0 saturated carbocycles. The Morgan fingerprint density at radius 2 is 2.14 bits per heavy atom. The number of carboxylic acid groups (broad SMARTS) is 1. The lowest BCUT2D eigenvalue weighted by Crippen LogP contribution is -2.53. The van der Waals surface area contributed by atoms with Crippen LogP contribution in [0, 0.1) is 0 Å². The van der Waals surface area contributed by atoms with Crippen molar-refractivity contribution in [2.45, 2.75) is 58.6 Å². The van der Waals surface area contributed by atoms with Gasteiger partial charge in [0, 0.05) is 25.7 Å². The summed E-state index contributed by atoms with van der Waals surface area (Å²) in [4.78, 5) is 26.8. The van der Waals surface area contributed by atoms with Gasteiger partial charge in [0.05, 0.1) is 6.10 Å². The molecule has 0 aromatic heterocycles. The molecule has 0 radical (unpaired) electrons. The Kier molecular flexibility index (Phi) is 7.50. The normalized spacial score (nSPS) is 20.1. The average Bonchev–Trinajstić information content (AvgIpc) is 2.49. The Bertz CT molecular complexity index is 349. The van der Waals surface area contributed by atoms with Gasteiger partial charge in [0.2, 0.25) is 0 Å². The average molecular weight is 300 g/mol. The van der Waals surface area contributed by atoms with Crippen LogP contribution < -0.4 is 0 Å². The van der Waals surface area contributed by atoms with Gasteiger partial charge in [-0.2, -0.15) is 0 Å². The maximum Gasteiger partial charge on any atom is 0.323 e. The zero-order valence-corrected chi connectivity index (χ0v) is 13.4. The van der Waals surface area contributed by atoms with Crippen LogP contribution in [0.15, 0.2) is 0 Å². The number of urea groups is 1. The smallest absolute Gasteiger partial charge is 0.323 e. The third kappa shape index (κ3) is 5.53. The van der Waals surface area contributed by atoms with E-state index in [9.17, 15) is 9.59 Å². The molecule has 21 heavy (non-hydrogen) atoms. The van der Waals surface area contributed by atoms with Crippen molar-refractivity contribution in [2.75, 3.05) is 26.2 Å². The molecule has 1 saturated heterocycles. The molecule has 1 aliphatic rings. The van der Waals surface area contributed by atoms with Crippen LogP contribution in [-0.2, 0) is 9.53 Å². The highest BCUT2D eigenvalue weighted by Crippen LogP contribution is 2.17. The molecule has 1 N–H and O–H groups in total. The first kappa shape index (κ1) is 17.8. The number of amides is 2. The van der Waals surface area contributed by atoms with E-state index in [2.05, 4.69) is 6.92 Å². The van der Waals surface area contributed by atoms with Crippen molar-refractivity contribution < 1.29 is 19.4 Å². The largest absolute Gasteiger partial charge is 0.480 e. The predicted molar refractivity (Wildman–Crippen MR) is 80.3 cm³/mol. The molecular formula is C15H28N2O4. The van der Waals surface area contributed by atoms with Crippen LogP contribution in [0.3, 0.4) is 0 Å². The topological polar surface area (TPSA) is 70.1 Å². The number of carbonyl (C=O) groups excluding carboxylic acids is 1. The summed E-state index contributed by atoms with van der Waals surface area (Å²) in [5.41, 5.74) is 0. The Morgan fingerprint density at radius 1 is 1.43 bits per heavy atom. The van der Waals surface area contributed by atoms with Gasteiger partial charge in [0.1, 0.15) is 6.54 Å². The number of carbonyl (C=O) groups is 2. The number of hydrogen-bond donors (Lipinski definition) is 1. The van der Waals surface area contributed by atoms with Crippen molar-refractivity contribution in [3.05, 3.63) is 0 Å². The fraction of sp³-hybridized carbons (Fsp3) is 0.867. The predicted octanol–water partition coefficient (Wildman–Crippen LogP) is 2.18. The first-order valence-corrected chi connectivity index (χ1v) is 7.88. The van der Waals surface area contributed by atoms with Gasteiger partial charge in [-0.1, -0.05) is 13.8 Å². The molecule has 2 atom stereocenters. The molecule has 1 rings (SSSR count). The molecule has 0 spiro atoms. The number of ether oxygens (including phenoxy) is 1. The number of piperidine rings is 1. The van der Waals surface area contributed by atoms with E-state index in [0.717, 1.165) is 25.7 Å². The standard InChI is InChI=1S/C15H28N2O4/c1-4-9-21-13-7-6-8-16(10-13)15(20)17(11-14(18)19)12(3)5-2/h12-13H,4-11H2,1-3H3,(H,18,19). The maximum atomic E-state index is 12.6. The van der Waals surface area contributed by atoms with E-state index < -0.39 is 5.97 Å². The van der Waals surface area contributed by atoms with Crippen molar-refractivity contribution in [1.29, 1.82) is 0 Å². The monoisotopic (exact) mass is 300 g/mol. The molecule has 0 aliphatic carbocycles. The number of hydrogen-bond acceptors (Lipinski definition) is 3. The summed E-state index contributed by atoms with van der Waals surface area (Å²) in [6.07, 6.45) is 3.64. The zero-order chi connectivity index (χ0) is 15.8. The molecule has 1 heterocycles. The second kappa shape index (κ2) is 8.87. The second-order valence-corrected chi connectivity index (χ2v) is 5.64. The molecular weight excluding hydrogens is 272 g/mol. The SMILES string of the molecule is CCCOC1CCCN(C(=O)N(CC(=O)O)C(C)CC)C1. The summed E-state index contributed by atoms with van der Waals surface area (Å²) in [6.45, 7) is 7.60. The van der Waals surface area contributed by atoms with Crippen LogP contribution in [0.2, 0.25) is 0 Å². The summed E-state index contributed by atoms with van der Waals surface area (Å²) in [6, 6.07) is -0.262. The number of carboxylic acids is 1. The molecule has 0 aromatic rings. The van der Waals surface area contributed by atoms with E-state index in [1.54, 1.807) is 4.90 Å².